The van der Waals surface area contributed by atoms with Crippen LogP contribution in [0, 0.1) is 0 Å². The summed E-state index contributed by atoms with van der Waals surface area (Å²) < 4.78 is 17.0. The van der Waals surface area contributed by atoms with Gasteiger partial charge in [-0.3, -0.25) is 14.4 Å². The molecular formula is C70H126O6. The third-order valence-corrected chi connectivity index (χ3v) is 14.8. The fourth-order valence-electron chi connectivity index (χ4n) is 9.83. The molecule has 6 heteroatoms. The Morgan fingerprint density at radius 1 is 0.276 bits per heavy atom. The Morgan fingerprint density at radius 2 is 0.513 bits per heavy atom. The molecule has 0 aromatic carbocycles. The summed E-state index contributed by atoms with van der Waals surface area (Å²) in [6.45, 7) is 6.58. The summed E-state index contributed by atoms with van der Waals surface area (Å²) in [5, 5.41) is 0. The number of allylic oxidation sites excluding steroid dienone is 10. The van der Waals surface area contributed by atoms with Crippen LogP contribution in [0.25, 0.3) is 0 Å². The van der Waals surface area contributed by atoms with Crippen LogP contribution < -0.4 is 0 Å². The summed E-state index contributed by atoms with van der Waals surface area (Å²) in [6, 6.07) is 0. The Labute approximate surface area is 472 Å². The third-order valence-electron chi connectivity index (χ3n) is 14.8. The van der Waals surface area contributed by atoms with Crippen molar-refractivity contribution >= 4 is 17.9 Å². The molecule has 1 unspecified atom stereocenters. The highest BCUT2D eigenvalue weighted by Gasteiger charge is 2.19. The fourth-order valence-corrected chi connectivity index (χ4v) is 9.83. The minimum atomic E-state index is -0.781. The van der Waals surface area contributed by atoms with E-state index in [2.05, 4.69) is 81.5 Å². The molecule has 6 nitrogen and oxygen atoms in total. The summed E-state index contributed by atoms with van der Waals surface area (Å²) in [4.78, 5) is 38.4. The molecule has 0 amide bonds. The fraction of sp³-hybridized carbons (Fsp3) is 0.814. The first-order chi connectivity index (χ1) is 37.5. The maximum absolute atomic E-state index is 12.9. The number of hydrogen-bond donors (Lipinski definition) is 0. The molecule has 442 valence electrons. The normalized spacial score (nSPS) is 12.4. The quantitative estimate of drug-likeness (QED) is 0.0261. The Kier molecular flexibility index (Phi) is 62.2. The molecule has 0 fully saturated rings. The summed E-state index contributed by atoms with van der Waals surface area (Å²) in [7, 11) is 0. The van der Waals surface area contributed by atoms with Crippen molar-refractivity contribution in [3.63, 3.8) is 0 Å². The molecule has 0 N–H and O–H groups in total. The van der Waals surface area contributed by atoms with Crippen LogP contribution in [0.1, 0.15) is 348 Å². The molecule has 0 radical (unpaired) electrons. The number of carbonyl (C=O) groups is 3. The van der Waals surface area contributed by atoms with Gasteiger partial charge in [-0.05, 0) is 64.2 Å². The van der Waals surface area contributed by atoms with Crippen molar-refractivity contribution in [2.45, 2.75) is 354 Å². The average molecular weight is 1060 g/mol. The zero-order valence-electron chi connectivity index (χ0n) is 50.8. The van der Waals surface area contributed by atoms with Gasteiger partial charge in [0.15, 0.2) is 6.10 Å². The Bertz CT molecular complexity index is 1360. The van der Waals surface area contributed by atoms with Gasteiger partial charge in [0.25, 0.3) is 0 Å². The lowest BCUT2D eigenvalue weighted by Gasteiger charge is -2.18. The number of hydrogen-bond acceptors (Lipinski definition) is 6. The van der Waals surface area contributed by atoms with Crippen molar-refractivity contribution in [3.05, 3.63) is 60.8 Å². The van der Waals surface area contributed by atoms with E-state index in [-0.39, 0.29) is 31.1 Å². The van der Waals surface area contributed by atoms with Gasteiger partial charge in [0, 0.05) is 19.3 Å². The van der Waals surface area contributed by atoms with E-state index in [0.717, 1.165) is 109 Å². The number of unbranched alkanes of at least 4 members (excludes halogenated alkanes) is 40. The van der Waals surface area contributed by atoms with Crippen LogP contribution in [0.15, 0.2) is 60.8 Å². The largest absolute Gasteiger partial charge is 0.462 e. The molecule has 0 spiro atoms. The monoisotopic (exact) mass is 1060 g/mol. The van der Waals surface area contributed by atoms with E-state index in [1.165, 1.54) is 199 Å². The van der Waals surface area contributed by atoms with Gasteiger partial charge in [-0.15, -0.1) is 0 Å². The van der Waals surface area contributed by atoms with Crippen LogP contribution >= 0.6 is 0 Å². The average Bonchev–Trinajstić information content (AvgIpc) is 3.42. The van der Waals surface area contributed by atoms with Gasteiger partial charge < -0.3 is 14.2 Å². The highest BCUT2D eigenvalue weighted by atomic mass is 16.6. The van der Waals surface area contributed by atoms with Gasteiger partial charge in [-0.25, -0.2) is 0 Å². The lowest BCUT2D eigenvalue weighted by atomic mass is 10.0. The van der Waals surface area contributed by atoms with E-state index in [1.54, 1.807) is 0 Å². The highest BCUT2D eigenvalue weighted by molar-refractivity contribution is 5.71. The molecule has 0 saturated carbocycles. The number of esters is 3. The minimum Gasteiger partial charge on any atom is -0.462 e. The van der Waals surface area contributed by atoms with Gasteiger partial charge in [-0.1, -0.05) is 326 Å². The lowest BCUT2D eigenvalue weighted by molar-refractivity contribution is -0.167. The zero-order valence-corrected chi connectivity index (χ0v) is 50.8. The molecule has 0 aliphatic carbocycles. The molecule has 1 atom stereocenters. The zero-order chi connectivity index (χ0) is 55.0. The number of ether oxygens (including phenoxy) is 3. The van der Waals surface area contributed by atoms with Gasteiger partial charge in [-0.2, -0.15) is 0 Å². The third kappa shape index (κ3) is 62.0. The molecular weight excluding hydrogens is 937 g/mol. The van der Waals surface area contributed by atoms with E-state index >= 15 is 0 Å². The molecule has 0 saturated heterocycles. The van der Waals surface area contributed by atoms with E-state index in [9.17, 15) is 14.4 Å². The van der Waals surface area contributed by atoms with Gasteiger partial charge in [0.1, 0.15) is 13.2 Å². The molecule has 0 aliphatic heterocycles. The highest BCUT2D eigenvalue weighted by Crippen LogP contribution is 2.18. The Balaban J connectivity index is 4.37. The predicted molar refractivity (Wildman–Crippen MR) is 330 cm³/mol. The molecule has 0 heterocycles. The maximum Gasteiger partial charge on any atom is 0.306 e. The van der Waals surface area contributed by atoms with Crippen molar-refractivity contribution in [2.24, 2.45) is 0 Å². The summed E-state index contributed by atoms with van der Waals surface area (Å²) >= 11 is 0. The van der Waals surface area contributed by atoms with Gasteiger partial charge in [0.2, 0.25) is 0 Å². The minimum absolute atomic E-state index is 0.0754. The molecule has 0 aromatic heterocycles. The van der Waals surface area contributed by atoms with E-state index in [0.29, 0.717) is 19.3 Å². The second-order valence-electron chi connectivity index (χ2n) is 22.4. The van der Waals surface area contributed by atoms with Crippen molar-refractivity contribution in [3.8, 4) is 0 Å². The smallest absolute Gasteiger partial charge is 0.306 e. The number of rotatable bonds is 61. The van der Waals surface area contributed by atoms with Crippen molar-refractivity contribution in [2.75, 3.05) is 13.2 Å². The van der Waals surface area contributed by atoms with Crippen LogP contribution in [-0.4, -0.2) is 37.2 Å². The Morgan fingerprint density at radius 3 is 0.803 bits per heavy atom. The van der Waals surface area contributed by atoms with E-state index < -0.39 is 6.10 Å². The van der Waals surface area contributed by atoms with Gasteiger partial charge in [0.05, 0.1) is 0 Å². The van der Waals surface area contributed by atoms with Crippen LogP contribution in [0.2, 0.25) is 0 Å². The second kappa shape index (κ2) is 64.6. The SMILES string of the molecule is CC/C=C\C/C=C\C/C=C\C/C=C\C/C=C\CCCCCCCC(=O)OCC(COC(=O)CCCCCCCCCCCCCCCCCCCC)OC(=O)CCCCCCCCCCCCCCCCCCCCC. The second-order valence-corrected chi connectivity index (χ2v) is 22.4. The van der Waals surface area contributed by atoms with Crippen molar-refractivity contribution in [1.82, 2.24) is 0 Å². The summed E-state index contributed by atoms with van der Waals surface area (Å²) in [5.41, 5.74) is 0. The predicted octanol–water partition coefficient (Wildman–Crippen LogP) is 22.7. The molecule has 76 heavy (non-hydrogen) atoms. The lowest BCUT2D eigenvalue weighted by Crippen LogP contribution is -2.30. The number of carbonyl (C=O) groups excluding carboxylic acids is 3. The van der Waals surface area contributed by atoms with Crippen LogP contribution in [0.5, 0.6) is 0 Å². The van der Waals surface area contributed by atoms with Crippen LogP contribution in [0.3, 0.4) is 0 Å². The Hall–Kier alpha value is -2.89. The molecule has 0 aliphatic rings. The molecule has 0 bridgehead atoms. The van der Waals surface area contributed by atoms with Gasteiger partial charge >= 0.3 is 17.9 Å². The summed E-state index contributed by atoms with van der Waals surface area (Å²) in [5.74, 6) is -0.870. The maximum atomic E-state index is 12.9. The van der Waals surface area contributed by atoms with Crippen LogP contribution in [-0.2, 0) is 28.6 Å². The van der Waals surface area contributed by atoms with E-state index in [1.807, 2.05) is 0 Å². The summed E-state index contributed by atoms with van der Waals surface area (Å²) in [6.07, 6.45) is 82.3. The van der Waals surface area contributed by atoms with Crippen molar-refractivity contribution < 1.29 is 28.6 Å². The first-order valence-corrected chi connectivity index (χ1v) is 33.3. The standard InChI is InChI=1S/C70H126O6/c1-4-7-10-13-16-19-22-25-28-31-34-35-37-39-42-45-48-51-54-57-60-63-69(72)75-66-67(65-74-68(71)62-59-56-53-50-47-44-41-38-33-30-27-24-21-18-15-12-9-6-3)76-70(73)64-61-58-55-52-49-46-43-40-36-32-29-26-23-20-17-14-11-8-5-2/h7,10,16,19,25,28,34-35,39,42,67H,4-6,8-9,11-15,17-18,20-24,26-27,29-33,36-38,40-41,43-66H2,1-3H3/b10-7-,19-16-,28-25-,35-34-,42-39-. The topological polar surface area (TPSA) is 78.9 Å². The van der Waals surface area contributed by atoms with Crippen LogP contribution in [0.4, 0.5) is 0 Å². The molecule has 0 rings (SSSR count). The van der Waals surface area contributed by atoms with Crippen molar-refractivity contribution in [1.29, 1.82) is 0 Å². The molecule has 0 aromatic rings. The van der Waals surface area contributed by atoms with E-state index in [4.69, 9.17) is 14.2 Å². The first kappa shape index (κ1) is 73.1. The first-order valence-electron chi connectivity index (χ1n) is 33.3.